The van der Waals surface area contributed by atoms with Gasteiger partial charge in [0.15, 0.2) is 11.5 Å². The van der Waals surface area contributed by atoms with Crippen LogP contribution in [-0.2, 0) is 4.79 Å². The Balaban J connectivity index is 1.56. The molecule has 0 atom stereocenters. The smallest absolute Gasteiger partial charge is 0.255 e. The molecule has 1 N–H and O–H groups in total. The first kappa shape index (κ1) is 15.5. The Morgan fingerprint density at radius 2 is 1.96 bits per heavy atom. The van der Waals surface area contributed by atoms with Gasteiger partial charge in [-0.25, -0.2) is 0 Å². The summed E-state index contributed by atoms with van der Waals surface area (Å²) < 4.78 is 10.6. The predicted molar refractivity (Wildman–Crippen MR) is 93.3 cm³/mol. The molecular formula is C19H18N2O4. The number of hydrogen-bond acceptors (Lipinski definition) is 4. The quantitative estimate of drug-likeness (QED) is 0.934. The van der Waals surface area contributed by atoms with Gasteiger partial charge in [0.1, 0.15) is 0 Å². The summed E-state index contributed by atoms with van der Waals surface area (Å²) >= 11 is 0. The van der Waals surface area contributed by atoms with Crippen molar-refractivity contribution in [3.63, 3.8) is 0 Å². The normalized spacial score (nSPS) is 15.6. The number of carbonyl (C=O) groups excluding carboxylic acids is 2. The number of fused-ring (bicyclic) bond motifs is 1. The molecule has 2 heterocycles. The summed E-state index contributed by atoms with van der Waals surface area (Å²) in [5, 5.41) is 2.88. The molecule has 0 bridgehead atoms. The fraction of sp³-hybridized carbons (Fsp3) is 0.263. The first-order valence-corrected chi connectivity index (χ1v) is 8.24. The molecule has 25 heavy (non-hydrogen) atoms. The summed E-state index contributed by atoms with van der Waals surface area (Å²) in [7, 11) is 0. The van der Waals surface area contributed by atoms with Crippen molar-refractivity contribution in [2.45, 2.75) is 19.8 Å². The molecule has 2 amide bonds. The molecule has 0 saturated carbocycles. The number of ether oxygens (including phenoxy) is 2. The molecule has 6 nitrogen and oxygen atoms in total. The molecule has 2 aromatic rings. The van der Waals surface area contributed by atoms with Crippen LogP contribution in [-0.4, -0.2) is 25.2 Å². The highest BCUT2D eigenvalue weighted by Crippen LogP contribution is 2.33. The van der Waals surface area contributed by atoms with Gasteiger partial charge in [0.2, 0.25) is 12.7 Å². The van der Waals surface area contributed by atoms with E-state index in [1.54, 1.807) is 23.1 Å². The minimum Gasteiger partial charge on any atom is -0.454 e. The molecule has 128 valence electrons. The van der Waals surface area contributed by atoms with Gasteiger partial charge < -0.3 is 19.7 Å². The summed E-state index contributed by atoms with van der Waals surface area (Å²) in [6.45, 7) is 2.86. The lowest BCUT2D eigenvalue weighted by Crippen LogP contribution is -2.24. The Kier molecular flexibility index (Phi) is 3.80. The maximum absolute atomic E-state index is 12.5. The number of anilines is 2. The topological polar surface area (TPSA) is 67.9 Å². The van der Waals surface area contributed by atoms with Crippen LogP contribution < -0.4 is 19.7 Å². The number of carbonyl (C=O) groups is 2. The van der Waals surface area contributed by atoms with Crippen LogP contribution in [0.15, 0.2) is 36.4 Å². The van der Waals surface area contributed by atoms with E-state index >= 15 is 0 Å². The highest BCUT2D eigenvalue weighted by molar-refractivity contribution is 6.05. The molecule has 2 aliphatic rings. The van der Waals surface area contributed by atoms with Crippen molar-refractivity contribution in [1.82, 2.24) is 0 Å². The van der Waals surface area contributed by atoms with Crippen LogP contribution in [0.5, 0.6) is 11.5 Å². The molecule has 1 fully saturated rings. The number of rotatable bonds is 3. The SMILES string of the molecule is Cc1ccc(NC(=O)c2ccc3c(c2)OCO3)cc1N1CCCC1=O. The van der Waals surface area contributed by atoms with Gasteiger partial charge in [-0.05, 0) is 49.2 Å². The van der Waals surface area contributed by atoms with Crippen LogP contribution in [0.1, 0.15) is 28.8 Å². The van der Waals surface area contributed by atoms with Gasteiger partial charge in [-0.15, -0.1) is 0 Å². The number of aryl methyl sites for hydroxylation is 1. The van der Waals surface area contributed by atoms with E-state index in [0.717, 1.165) is 24.2 Å². The molecule has 6 heteroatoms. The van der Waals surface area contributed by atoms with Crippen LogP contribution in [0.3, 0.4) is 0 Å². The molecule has 0 aliphatic carbocycles. The second kappa shape index (κ2) is 6.12. The van der Waals surface area contributed by atoms with Crippen molar-refractivity contribution in [3.8, 4) is 11.5 Å². The summed E-state index contributed by atoms with van der Waals surface area (Å²) in [6.07, 6.45) is 1.44. The second-order valence-electron chi connectivity index (χ2n) is 6.17. The standard InChI is InChI=1S/C19H18N2O4/c1-12-4-6-14(10-15(12)21-8-2-3-18(21)22)20-19(23)13-5-7-16-17(9-13)25-11-24-16/h4-7,9-10H,2-3,8,11H2,1H3,(H,20,23). The Bertz CT molecular complexity index is 862. The highest BCUT2D eigenvalue weighted by atomic mass is 16.7. The second-order valence-corrected chi connectivity index (χ2v) is 6.17. The van der Waals surface area contributed by atoms with Gasteiger partial charge in [0, 0.05) is 29.9 Å². The molecule has 0 spiro atoms. The van der Waals surface area contributed by atoms with Crippen molar-refractivity contribution in [3.05, 3.63) is 47.5 Å². The zero-order valence-electron chi connectivity index (χ0n) is 13.9. The lowest BCUT2D eigenvalue weighted by molar-refractivity contribution is -0.117. The summed E-state index contributed by atoms with van der Waals surface area (Å²) in [5.74, 6) is 1.10. The first-order valence-electron chi connectivity index (χ1n) is 8.24. The van der Waals surface area contributed by atoms with Gasteiger partial charge >= 0.3 is 0 Å². The zero-order valence-corrected chi connectivity index (χ0v) is 13.9. The highest BCUT2D eigenvalue weighted by Gasteiger charge is 2.23. The van der Waals surface area contributed by atoms with Gasteiger partial charge in [0.05, 0.1) is 0 Å². The average molecular weight is 338 g/mol. The molecule has 2 aliphatic heterocycles. The Labute approximate surface area is 145 Å². The fourth-order valence-corrected chi connectivity index (χ4v) is 3.12. The molecule has 4 rings (SSSR count). The number of nitrogens with zero attached hydrogens (tertiary/aromatic N) is 1. The van der Waals surface area contributed by atoms with E-state index in [4.69, 9.17) is 9.47 Å². The maximum atomic E-state index is 12.5. The predicted octanol–water partition coefficient (Wildman–Crippen LogP) is 3.10. The van der Waals surface area contributed by atoms with Gasteiger partial charge in [0.25, 0.3) is 5.91 Å². The van der Waals surface area contributed by atoms with Crippen LogP contribution in [0, 0.1) is 6.92 Å². The largest absolute Gasteiger partial charge is 0.454 e. The molecule has 0 aromatic heterocycles. The maximum Gasteiger partial charge on any atom is 0.255 e. The molecule has 2 aromatic carbocycles. The van der Waals surface area contributed by atoms with Crippen molar-refractivity contribution in [2.75, 3.05) is 23.6 Å². The third kappa shape index (κ3) is 2.91. The third-order valence-electron chi connectivity index (χ3n) is 4.47. The van der Waals surface area contributed by atoms with Crippen molar-refractivity contribution in [1.29, 1.82) is 0 Å². The number of benzene rings is 2. The fourth-order valence-electron chi connectivity index (χ4n) is 3.12. The first-order chi connectivity index (χ1) is 12.1. The van der Waals surface area contributed by atoms with E-state index in [2.05, 4.69) is 5.32 Å². The van der Waals surface area contributed by atoms with E-state index in [1.165, 1.54) is 0 Å². The van der Waals surface area contributed by atoms with E-state index < -0.39 is 0 Å². The summed E-state index contributed by atoms with van der Waals surface area (Å²) in [6, 6.07) is 10.7. The van der Waals surface area contributed by atoms with Crippen LogP contribution in [0.25, 0.3) is 0 Å². The monoisotopic (exact) mass is 338 g/mol. The Morgan fingerprint density at radius 1 is 1.12 bits per heavy atom. The summed E-state index contributed by atoms with van der Waals surface area (Å²) in [5.41, 5.74) is 3.01. The van der Waals surface area contributed by atoms with Crippen LogP contribution in [0.2, 0.25) is 0 Å². The lowest BCUT2D eigenvalue weighted by Gasteiger charge is -2.19. The number of amides is 2. The minimum absolute atomic E-state index is 0.127. The Morgan fingerprint density at radius 3 is 2.76 bits per heavy atom. The lowest BCUT2D eigenvalue weighted by atomic mass is 10.1. The average Bonchev–Trinajstić information content (AvgIpc) is 3.24. The van der Waals surface area contributed by atoms with E-state index in [0.29, 0.717) is 29.2 Å². The molecular weight excluding hydrogens is 320 g/mol. The van der Waals surface area contributed by atoms with Gasteiger partial charge in [-0.1, -0.05) is 6.07 Å². The third-order valence-corrected chi connectivity index (χ3v) is 4.47. The molecule has 0 radical (unpaired) electrons. The van der Waals surface area contributed by atoms with Crippen molar-refractivity contribution in [2.24, 2.45) is 0 Å². The van der Waals surface area contributed by atoms with Crippen LogP contribution in [0.4, 0.5) is 11.4 Å². The molecule has 0 unspecified atom stereocenters. The summed E-state index contributed by atoms with van der Waals surface area (Å²) in [4.78, 5) is 26.3. The van der Waals surface area contributed by atoms with Gasteiger partial charge in [-0.3, -0.25) is 9.59 Å². The molecule has 1 saturated heterocycles. The van der Waals surface area contributed by atoms with E-state index in [1.807, 2.05) is 25.1 Å². The van der Waals surface area contributed by atoms with E-state index in [9.17, 15) is 9.59 Å². The van der Waals surface area contributed by atoms with Crippen molar-refractivity contribution < 1.29 is 19.1 Å². The number of hydrogen-bond donors (Lipinski definition) is 1. The van der Waals surface area contributed by atoms with Gasteiger partial charge in [-0.2, -0.15) is 0 Å². The Hall–Kier alpha value is -3.02. The van der Waals surface area contributed by atoms with Crippen molar-refractivity contribution >= 4 is 23.2 Å². The zero-order chi connectivity index (χ0) is 17.4. The van der Waals surface area contributed by atoms with E-state index in [-0.39, 0.29) is 18.6 Å². The number of nitrogens with one attached hydrogen (secondary N) is 1. The van der Waals surface area contributed by atoms with Crippen LogP contribution >= 0.6 is 0 Å². The minimum atomic E-state index is -0.235.